The van der Waals surface area contributed by atoms with Gasteiger partial charge in [0.25, 0.3) is 0 Å². The number of fused-ring (bicyclic) bond motifs is 2. The minimum absolute atomic E-state index is 0.536. The molecule has 1 aromatic carbocycles. The zero-order valence-corrected chi connectivity index (χ0v) is 13.1. The van der Waals surface area contributed by atoms with Gasteiger partial charge < -0.3 is 14.0 Å². The van der Waals surface area contributed by atoms with Gasteiger partial charge in [-0.2, -0.15) is 5.26 Å². The largest absolute Gasteiger partial charge is 0.486 e. The molecule has 3 rings (SSSR count). The van der Waals surface area contributed by atoms with E-state index in [-0.39, 0.29) is 0 Å². The minimum atomic E-state index is 0.536. The lowest BCUT2D eigenvalue weighted by molar-refractivity contribution is 0.172. The van der Waals surface area contributed by atoms with Gasteiger partial charge in [0.15, 0.2) is 11.5 Å². The van der Waals surface area contributed by atoms with E-state index in [1.54, 1.807) is 0 Å². The first-order valence-corrected chi connectivity index (χ1v) is 7.84. The quantitative estimate of drug-likeness (QED) is 0.795. The summed E-state index contributed by atoms with van der Waals surface area (Å²) in [5.41, 5.74) is 2.01. The smallest absolute Gasteiger partial charge is 0.163 e. The summed E-state index contributed by atoms with van der Waals surface area (Å²) in [6, 6.07) is 6.20. The van der Waals surface area contributed by atoms with E-state index in [9.17, 15) is 0 Å². The highest BCUT2D eigenvalue weighted by molar-refractivity contribution is 5.80. The van der Waals surface area contributed by atoms with Gasteiger partial charge in [-0.15, -0.1) is 0 Å². The number of imidazole rings is 1. The van der Waals surface area contributed by atoms with Crippen LogP contribution in [0.5, 0.6) is 11.5 Å². The fraction of sp³-hybridized carbons (Fsp3) is 0.529. The third kappa shape index (κ3) is 2.87. The van der Waals surface area contributed by atoms with Crippen LogP contribution in [-0.4, -0.2) is 22.8 Å². The number of benzene rings is 1. The molecule has 0 fully saturated rings. The van der Waals surface area contributed by atoms with Crippen molar-refractivity contribution in [3.8, 4) is 17.6 Å². The van der Waals surface area contributed by atoms with Crippen molar-refractivity contribution >= 4 is 11.0 Å². The Kier molecular flexibility index (Phi) is 4.19. The lowest BCUT2D eigenvalue weighted by Crippen LogP contribution is -2.15. The number of hydrogen-bond acceptors (Lipinski definition) is 4. The normalized spacial score (nSPS) is 13.5. The van der Waals surface area contributed by atoms with E-state index in [0.29, 0.717) is 25.6 Å². The Hall–Kier alpha value is -2.22. The van der Waals surface area contributed by atoms with Gasteiger partial charge in [0.05, 0.1) is 17.1 Å². The number of nitrogens with zero attached hydrogens (tertiary/aromatic N) is 3. The van der Waals surface area contributed by atoms with E-state index < -0.39 is 0 Å². The highest BCUT2D eigenvalue weighted by atomic mass is 16.6. The number of aryl methyl sites for hydroxylation is 1. The molecule has 2 heterocycles. The third-order valence-corrected chi connectivity index (χ3v) is 3.75. The first kappa shape index (κ1) is 14.7. The van der Waals surface area contributed by atoms with Crippen LogP contribution in [0.1, 0.15) is 32.5 Å². The van der Waals surface area contributed by atoms with E-state index in [0.717, 1.165) is 47.7 Å². The Bertz CT molecular complexity index is 713. The van der Waals surface area contributed by atoms with E-state index in [4.69, 9.17) is 19.7 Å². The molecule has 5 nitrogen and oxygen atoms in total. The molecule has 116 valence electrons. The summed E-state index contributed by atoms with van der Waals surface area (Å²) in [6.45, 7) is 6.36. The van der Waals surface area contributed by atoms with Crippen molar-refractivity contribution in [2.24, 2.45) is 5.92 Å². The van der Waals surface area contributed by atoms with Gasteiger partial charge >= 0.3 is 0 Å². The SMILES string of the molecule is CC(C)Cc1nc2cc3c(cc2n1CCCC#N)OCCO3. The van der Waals surface area contributed by atoms with Crippen LogP contribution in [0.2, 0.25) is 0 Å². The molecular formula is C17H21N3O2. The third-order valence-electron chi connectivity index (χ3n) is 3.75. The summed E-state index contributed by atoms with van der Waals surface area (Å²) >= 11 is 0. The van der Waals surface area contributed by atoms with Crippen molar-refractivity contribution in [2.75, 3.05) is 13.2 Å². The van der Waals surface area contributed by atoms with Crippen LogP contribution in [-0.2, 0) is 13.0 Å². The summed E-state index contributed by atoms with van der Waals surface area (Å²) in [4.78, 5) is 4.78. The Morgan fingerprint density at radius 3 is 2.68 bits per heavy atom. The van der Waals surface area contributed by atoms with Gasteiger partial charge in [0.1, 0.15) is 19.0 Å². The maximum atomic E-state index is 8.77. The van der Waals surface area contributed by atoms with Crippen LogP contribution < -0.4 is 9.47 Å². The van der Waals surface area contributed by atoms with Crippen molar-refractivity contribution < 1.29 is 9.47 Å². The van der Waals surface area contributed by atoms with Crippen LogP contribution in [0.15, 0.2) is 12.1 Å². The second-order valence-electron chi connectivity index (χ2n) is 6.02. The fourth-order valence-electron chi connectivity index (χ4n) is 2.80. The van der Waals surface area contributed by atoms with Gasteiger partial charge in [-0.1, -0.05) is 13.8 Å². The lowest BCUT2D eigenvalue weighted by Gasteiger charge is -2.18. The van der Waals surface area contributed by atoms with Gasteiger partial charge in [-0.3, -0.25) is 0 Å². The zero-order valence-electron chi connectivity index (χ0n) is 13.1. The molecule has 0 saturated carbocycles. The highest BCUT2D eigenvalue weighted by Gasteiger charge is 2.18. The maximum Gasteiger partial charge on any atom is 0.163 e. The number of unbranched alkanes of at least 4 members (excludes halogenated alkanes) is 1. The topological polar surface area (TPSA) is 60.1 Å². The van der Waals surface area contributed by atoms with Crippen molar-refractivity contribution in [3.05, 3.63) is 18.0 Å². The number of nitriles is 1. The predicted octanol–water partition coefficient (Wildman–Crippen LogP) is 3.31. The van der Waals surface area contributed by atoms with Crippen LogP contribution in [0.3, 0.4) is 0 Å². The molecule has 0 unspecified atom stereocenters. The molecule has 22 heavy (non-hydrogen) atoms. The second kappa shape index (κ2) is 6.27. The first-order valence-electron chi connectivity index (χ1n) is 7.84. The molecule has 0 amide bonds. The standard InChI is InChI=1S/C17H21N3O2/c1-12(2)9-17-19-13-10-15-16(22-8-7-21-15)11-14(13)20(17)6-4-3-5-18/h10-12H,3-4,6-9H2,1-2H3. The lowest BCUT2D eigenvalue weighted by atomic mass is 10.1. The Labute approximate surface area is 130 Å². The molecule has 2 aromatic rings. The molecule has 5 heteroatoms. The monoisotopic (exact) mass is 299 g/mol. The van der Waals surface area contributed by atoms with Gasteiger partial charge in [0, 0.05) is 31.5 Å². The van der Waals surface area contributed by atoms with Gasteiger partial charge in [-0.05, 0) is 12.3 Å². The summed E-state index contributed by atoms with van der Waals surface area (Å²) in [5.74, 6) is 3.17. The number of hydrogen-bond donors (Lipinski definition) is 0. The Morgan fingerprint density at radius 1 is 1.27 bits per heavy atom. The average Bonchev–Trinajstić information content (AvgIpc) is 2.81. The first-order chi connectivity index (χ1) is 10.7. The van der Waals surface area contributed by atoms with Crippen LogP contribution >= 0.6 is 0 Å². The molecule has 0 radical (unpaired) electrons. The van der Waals surface area contributed by atoms with Crippen LogP contribution in [0.25, 0.3) is 11.0 Å². The predicted molar refractivity (Wildman–Crippen MR) is 84.1 cm³/mol. The van der Waals surface area contributed by atoms with Crippen molar-refractivity contribution in [1.29, 1.82) is 5.26 Å². The van der Waals surface area contributed by atoms with Crippen molar-refractivity contribution in [3.63, 3.8) is 0 Å². The summed E-state index contributed by atoms with van der Waals surface area (Å²) in [7, 11) is 0. The van der Waals surface area contributed by atoms with E-state index in [1.165, 1.54) is 0 Å². The van der Waals surface area contributed by atoms with Crippen LogP contribution in [0, 0.1) is 17.2 Å². The maximum absolute atomic E-state index is 8.77. The molecular weight excluding hydrogens is 278 g/mol. The number of ether oxygens (including phenoxy) is 2. The highest BCUT2D eigenvalue weighted by Crippen LogP contribution is 2.35. The molecule has 0 atom stereocenters. The second-order valence-corrected chi connectivity index (χ2v) is 6.02. The number of aromatic nitrogens is 2. The minimum Gasteiger partial charge on any atom is -0.486 e. The van der Waals surface area contributed by atoms with E-state index in [2.05, 4.69) is 24.5 Å². The Morgan fingerprint density at radius 2 is 2.00 bits per heavy atom. The average molecular weight is 299 g/mol. The molecule has 1 aliphatic heterocycles. The van der Waals surface area contributed by atoms with Gasteiger partial charge in [0.2, 0.25) is 0 Å². The van der Waals surface area contributed by atoms with Crippen molar-refractivity contribution in [2.45, 2.75) is 39.7 Å². The van der Waals surface area contributed by atoms with Crippen molar-refractivity contribution in [1.82, 2.24) is 9.55 Å². The van der Waals surface area contributed by atoms with E-state index in [1.807, 2.05) is 12.1 Å². The molecule has 0 aliphatic carbocycles. The summed E-state index contributed by atoms with van der Waals surface area (Å²) in [5, 5.41) is 8.77. The summed E-state index contributed by atoms with van der Waals surface area (Å²) in [6.07, 6.45) is 2.32. The molecule has 0 spiro atoms. The number of rotatable bonds is 5. The molecule has 0 saturated heterocycles. The molecule has 1 aromatic heterocycles. The van der Waals surface area contributed by atoms with Crippen LogP contribution in [0.4, 0.5) is 0 Å². The summed E-state index contributed by atoms with van der Waals surface area (Å²) < 4.78 is 13.6. The molecule has 1 aliphatic rings. The van der Waals surface area contributed by atoms with E-state index >= 15 is 0 Å². The fourth-order valence-corrected chi connectivity index (χ4v) is 2.80. The Balaban J connectivity index is 2.03. The molecule has 0 N–H and O–H groups in total. The zero-order chi connectivity index (χ0) is 15.5. The van der Waals surface area contributed by atoms with Gasteiger partial charge in [-0.25, -0.2) is 4.98 Å². The molecule has 0 bridgehead atoms.